The van der Waals surface area contributed by atoms with Crippen LogP contribution in [0.5, 0.6) is 11.5 Å². The lowest BCUT2D eigenvalue weighted by molar-refractivity contribution is 0.389. The number of hydrogen-bond acceptors (Lipinski definition) is 3. The number of hydrogen-bond donors (Lipinski definition) is 1. The molecule has 0 heterocycles. The third-order valence-electron chi connectivity index (χ3n) is 1.99. The van der Waals surface area contributed by atoms with Gasteiger partial charge in [-0.1, -0.05) is 11.6 Å². The molecule has 5 heteroatoms. The summed E-state index contributed by atoms with van der Waals surface area (Å²) in [6.07, 6.45) is 0. The van der Waals surface area contributed by atoms with Crippen molar-refractivity contribution in [1.29, 1.82) is 0 Å². The molecule has 0 amide bonds. The van der Waals surface area contributed by atoms with Gasteiger partial charge in [-0.3, -0.25) is 0 Å². The maximum Gasteiger partial charge on any atom is 0.141 e. The van der Waals surface area contributed by atoms with Crippen molar-refractivity contribution in [1.82, 2.24) is 0 Å². The van der Waals surface area contributed by atoms with E-state index in [9.17, 15) is 0 Å². The number of halogens is 2. The molecule has 3 nitrogen and oxygen atoms in total. The fourth-order valence-corrected chi connectivity index (χ4v) is 1.49. The Labute approximate surface area is 101 Å². The van der Waals surface area contributed by atoms with Crippen LogP contribution in [-0.4, -0.2) is 14.2 Å². The Morgan fingerprint density at radius 3 is 2.13 bits per heavy atom. The Kier molecular flexibility index (Phi) is 5.80. The van der Waals surface area contributed by atoms with Gasteiger partial charge in [-0.25, -0.2) is 0 Å². The number of rotatable bonds is 3. The SMILES string of the molecule is COc1cc(OC)c([C@@H](C)N)cc1Cl.Cl. The highest BCUT2D eigenvalue weighted by Crippen LogP contribution is 2.34. The molecule has 0 aliphatic carbocycles. The van der Waals surface area contributed by atoms with E-state index >= 15 is 0 Å². The van der Waals surface area contributed by atoms with Gasteiger partial charge in [-0.05, 0) is 13.0 Å². The smallest absolute Gasteiger partial charge is 0.141 e. The molecule has 2 N–H and O–H groups in total. The molecule has 1 aromatic rings. The Morgan fingerprint density at radius 1 is 1.20 bits per heavy atom. The van der Waals surface area contributed by atoms with Crippen molar-refractivity contribution < 1.29 is 9.47 Å². The van der Waals surface area contributed by atoms with Crippen LogP contribution in [0.1, 0.15) is 18.5 Å². The molecule has 0 spiro atoms. The Hall–Kier alpha value is -0.640. The van der Waals surface area contributed by atoms with Crippen molar-refractivity contribution in [2.24, 2.45) is 5.73 Å². The van der Waals surface area contributed by atoms with Gasteiger partial charge < -0.3 is 15.2 Å². The molecule has 15 heavy (non-hydrogen) atoms. The first-order valence-electron chi connectivity index (χ1n) is 4.27. The highest BCUT2D eigenvalue weighted by Gasteiger charge is 2.12. The average Bonchev–Trinajstić information content (AvgIpc) is 2.17. The molecule has 0 saturated heterocycles. The van der Waals surface area contributed by atoms with Crippen LogP contribution in [0, 0.1) is 0 Å². The van der Waals surface area contributed by atoms with Gasteiger partial charge >= 0.3 is 0 Å². The van der Waals surface area contributed by atoms with Gasteiger partial charge in [0, 0.05) is 17.7 Å². The van der Waals surface area contributed by atoms with Crippen molar-refractivity contribution in [2.75, 3.05) is 14.2 Å². The fraction of sp³-hybridized carbons (Fsp3) is 0.400. The van der Waals surface area contributed by atoms with E-state index in [4.69, 9.17) is 26.8 Å². The molecule has 0 aromatic heterocycles. The highest BCUT2D eigenvalue weighted by atomic mass is 35.5. The number of benzene rings is 1. The molecule has 0 bridgehead atoms. The second-order valence-corrected chi connectivity index (χ2v) is 3.42. The molecule has 0 saturated carbocycles. The maximum atomic E-state index is 5.97. The van der Waals surface area contributed by atoms with E-state index in [1.165, 1.54) is 0 Å². The van der Waals surface area contributed by atoms with Crippen molar-refractivity contribution in [3.8, 4) is 11.5 Å². The van der Waals surface area contributed by atoms with Crippen molar-refractivity contribution in [2.45, 2.75) is 13.0 Å². The van der Waals surface area contributed by atoms with E-state index in [2.05, 4.69) is 0 Å². The van der Waals surface area contributed by atoms with Gasteiger partial charge in [0.05, 0.1) is 19.2 Å². The first-order valence-corrected chi connectivity index (χ1v) is 4.65. The average molecular weight is 252 g/mol. The molecule has 1 atom stereocenters. The first kappa shape index (κ1) is 14.4. The lowest BCUT2D eigenvalue weighted by Gasteiger charge is -2.14. The zero-order valence-electron chi connectivity index (χ0n) is 8.91. The molecule has 0 unspecified atom stereocenters. The van der Waals surface area contributed by atoms with Crippen LogP contribution in [0.3, 0.4) is 0 Å². The molecule has 0 aliphatic rings. The van der Waals surface area contributed by atoms with Gasteiger partial charge in [0.15, 0.2) is 0 Å². The minimum absolute atomic E-state index is 0. The summed E-state index contributed by atoms with van der Waals surface area (Å²) in [4.78, 5) is 0. The van der Waals surface area contributed by atoms with Crippen LogP contribution < -0.4 is 15.2 Å². The Bertz CT molecular complexity index is 329. The van der Waals surface area contributed by atoms with Gasteiger partial charge in [-0.15, -0.1) is 12.4 Å². The lowest BCUT2D eigenvalue weighted by atomic mass is 10.1. The monoisotopic (exact) mass is 251 g/mol. The predicted octanol–water partition coefficient (Wildman–Crippen LogP) is 2.80. The first-order chi connectivity index (χ1) is 6.60. The molecule has 1 rings (SSSR count). The van der Waals surface area contributed by atoms with Crippen LogP contribution in [0.4, 0.5) is 0 Å². The summed E-state index contributed by atoms with van der Waals surface area (Å²) in [6.45, 7) is 1.88. The van der Waals surface area contributed by atoms with E-state index in [1.54, 1.807) is 26.4 Å². The minimum atomic E-state index is -0.117. The molecule has 86 valence electrons. The molecular formula is C10H15Cl2NO2. The van der Waals surface area contributed by atoms with E-state index in [0.717, 1.165) is 5.56 Å². The van der Waals surface area contributed by atoms with Crippen LogP contribution in [0.2, 0.25) is 5.02 Å². The zero-order chi connectivity index (χ0) is 10.7. The lowest BCUT2D eigenvalue weighted by Crippen LogP contribution is -2.07. The topological polar surface area (TPSA) is 44.5 Å². The Morgan fingerprint density at radius 2 is 1.73 bits per heavy atom. The number of methoxy groups -OCH3 is 2. The molecule has 0 radical (unpaired) electrons. The fourth-order valence-electron chi connectivity index (χ4n) is 1.24. The van der Waals surface area contributed by atoms with Crippen LogP contribution in [-0.2, 0) is 0 Å². The van der Waals surface area contributed by atoms with E-state index in [0.29, 0.717) is 16.5 Å². The molecule has 1 aromatic carbocycles. The number of ether oxygens (including phenoxy) is 2. The van der Waals surface area contributed by atoms with Crippen molar-refractivity contribution >= 4 is 24.0 Å². The van der Waals surface area contributed by atoms with E-state index in [1.807, 2.05) is 6.92 Å². The quantitative estimate of drug-likeness (QED) is 0.899. The second kappa shape index (κ2) is 6.05. The standard InChI is InChI=1S/C10H14ClNO2.ClH/c1-6(12)7-4-8(11)10(14-3)5-9(7)13-2;/h4-6H,12H2,1-3H3;1H/t6-;/m1./s1. The highest BCUT2D eigenvalue weighted by molar-refractivity contribution is 6.32. The molecular weight excluding hydrogens is 237 g/mol. The van der Waals surface area contributed by atoms with Gasteiger partial charge in [0.25, 0.3) is 0 Å². The van der Waals surface area contributed by atoms with Gasteiger partial charge in [0.2, 0.25) is 0 Å². The zero-order valence-corrected chi connectivity index (χ0v) is 10.5. The third-order valence-corrected chi connectivity index (χ3v) is 2.29. The maximum absolute atomic E-state index is 5.97. The summed E-state index contributed by atoms with van der Waals surface area (Å²) in [6, 6.07) is 3.39. The van der Waals surface area contributed by atoms with Gasteiger partial charge in [-0.2, -0.15) is 0 Å². The van der Waals surface area contributed by atoms with Gasteiger partial charge in [0.1, 0.15) is 11.5 Å². The summed E-state index contributed by atoms with van der Waals surface area (Å²) in [5.74, 6) is 1.29. The Balaban J connectivity index is 0.00000196. The normalized spacial score (nSPS) is 11.5. The summed E-state index contributed by atoms with van der Waals surface area (Å²) >= 11 is 5.97. The predicted molar refractivity (Wildman–Crippen MR) is 64.4 cm³/mol. The minimum Gasteiger partial charge on any atom is -0.496 e. The molecule has 0 fully saturated rings. The number of nitrogens with two attached hydrogens (primary N) is 1. The molecule has 0 aliphatic heterocycles. The summed E-state index contributed by atoms with van der Waals surface area (Å²) in [5, 5.41) is 0.542. The van der Waals surface area contributed by atoms with Crippen LogP contribution in [0.25, 0.3) is 0 Å². The largest absolute Gasteiger partial charge is 0.496 e. The van der Waals surface area contributed by atoms with Crippen LogP contribution >= 0.6 is 24.0 Å². The van der Waals surface area contributed by atoms with Crippen molar-refractivity contribution in [3.63, 3.8) is 0 Å². The third kappa shape index (κ3) is 3.16. The summed E-state index contributed by atoms with van der Waals surface area (Å²) in [7, 11) is 3.15. The van der Waals surface area contributed by atoms with Crippen molar-refractivity contribution in [3.05, 3.63) is 22.7 Å². The van der Waals surface area contributed by atoms with Crippen LogP contribution in [0.15, 0.2) is 12.1 Å². The second-order valence-electron chi connectivity index (χ2n) is 3.02. The summed E-state index contributed by atoms with van der Waals surface area (Å²) < 4.78 is 10.3. The van der Waals surface area contributed by atoms with E-state index in [-0.39, 0.29) is 18.4 Å². The summed E-state index contributed by atoms with van der Waals surface area (Å²) in [5.41, 5.74) is 6.64. The van der Waals surface area contributed by atoms with E-state index < -0.39 is 0 Å².